The zero-order valence-electron chi connectivity index (χ0n) is 9.91. The second-order valence-corrected chi connectivity index (χ2v) is 3.64. The molecule has 0 aliphatic rings. The molecule has 0 atom stereocenters. The highest BCUT2D eigenvalue weighted by Crippen LogP contribution is 2.11. The van der Waals surface area contributed by atoms with Crippen LogP contribution in [-0.4, -0.2) is 12.4 Å². The van der Waals surface area contributed by atoms with Crippen LogP contribution in [0.2, 0.25) is 0 Å². The number of nitrogens with zero attached hydrogens (tertiary/aromatic N) is 1. The third-order valence-corrected chi connectivity index (χ3v) is 2.31. The Bertz CT molecular complexity index is 497. The molecule has 0 amide bonds. The normalized spacial score (nSPS) is 11.1. The maximum Gasteiger partial charge on any atom is 0.154 e. The first-order chi connectivity index (χ1) is 8.88. The van der Waals surface area contributed by atoms with E-state index in [1.807, 2.05) is 60.7 Å². The summed E-state index contributed by atoms with van der Waals surface area (Å²) in [5.74, 6) is 6.78. The highest BCUT2D eigenvalue weighted by molar-refractivity contribution is 5.85. The Morgan fingerprint density at radius 2 is 1.61 bits per heavy atom. The second-order valence-electron chi connectivity index (χ2n) is 3.64. The number of hydrogen-bond donors (Lipinski definition) is 2. The van der Waals surface area contributed by atoms with E-state index in [2.05, 4.69) is 10.4 Å². The molecular weight excluding hydrogens is 226 g/mol. The number of hydrogen-bond acceptors (Lipinski definition) is 3. The second kappa shape index (κ2) is 6.42. The molecule has 2 rings (SSSR count). The van der Waals surface area contributed by atoms with E-state index in [4.69, 9.17) is 10.6 Å². The smallest absolute Gasteiger partial charge is 0.154 e. The molecule has 2 aromatic carbocycles. The Kier molecular flexibility index (Phi) is 4.33. The lowest BCUT2D eigenvalue weighted by Crippen LogP contribution is -2.34. The van der Waals surface area contributed by atoms with Gasteiger partial charge in [-0.15, -0.1) is 0 Å². The summed E-state index contributed by atoms with van der Waals surface area (Å²) >= 11 is 0. The van der Waals surface area contributed by atoms with Gasteiger partial charge in [0.05, 0.1) is 5.69 Å². The molecule has 92 valence electrons. The first-order valence-electron chi connectivity index (χ1n) is 5.65. The largest absolute Gasteiger partial charge is 0.486 e. The first-order valence-corrected chi connectivity index (χ1v) is 5.65. The van der Waals surface area contributed by atoms with Crippen molar-refractivity contribution in [1.82, 2.24) is 5.43 Å². The molecule has 0 unspecified atom stereocenters. The average Bonchev–Trinajstić information content (AvgIpc) is 2.45. The van der Waals surface area contributed by atoms with Gasteiger partial charge in [0.2, 0.25) is 0 Å². The molecule has 4 heteroatoms. The summed E-state index contributed by atoms with van der Waals surface area (Å²) in [6.07, 6.45) is 0. The topological polar surface area (TPSA) is 59.6 Å². The van der Waals surface area contributed by atoms with Crippen LogP contribution in [0.1, 0.15) is 0 Å². The quantitative estimate of drug-likeness (QED) is 0.373. The molecule has 0 bridgehead atoms. The van der Waals surface area contributed by atoms with Crippen molar-refractivity contribution >= 4 is 11.5 Å². The van der Waals surface area contributed by atoms with Crippen LogP contribution in [0.15, 0.2) is 65.7 Å². The SMILES string of the molecule is NNC(COc1ccccc1)=Nc1ccccc1. The first kappa shape index (κ1) is 12.1. The molecule has 18 heavy (non-hydrogen) atoms. The predicted octanol–water partition coefficient (Wildman–Crippen LogP) is 2.26. The Morgan fingerprint density at radius 3 is 2.22 bits per heavy atom. The molecule has 0 saturated carbocycles. The minimum Gasteiger partial charge on any atom is -0.486 e. The summed E-state index contributed by atoms with van der Waals surface area (Å²) in [5, 5.41) is 0. The van der Waals surface area contributed by atoms with Crippen molar-refractivity contribution in [3.8, 4) is 5.75 Å². The monoisotopic (exact) mass is 241 g/mol. The molecular formula is C14H15N3O. The summed E-state index contributed by atoms with van der Waals surface area (Å²) in [4.78, 5) is 4.35. The van der Waals surface area contributed by atoms with Crippen LogP contribution in [0.5, 0.6) is 5.75 Å². The Morgan fingerprint density at radius 1 is 1.00 bits per heavy atom. The van der Waals surface area contributed by atoms with Gasteiger partial charge < -0.3 is 10.2 Å². The molecule has 0 aliphatic carbocycles. The third kappa shape index (κ3) is 3.61. The highest BCUT2D eigenvalue weighted by atomic mass is 16.5. The summed E-state index contributed by atoms with van der Waals surface area (Å²) in [6, 6.07) is 19.1. The minimum absolute atomic E-state index is 0.301. The molecule has 0 radical (unpaired) electrons. The molecule has 2 aromatic rings. The maximum atomic E-state index is 5.56. The molecule has 0 spiro atoms. The van der Waals surface area contributed by atoms with E-state index in [9.17, 15) is 0 Å². The molecule has 3 N–H and O–H groups in total. The molecule has 0 heterocycles. The number of aliphatic imine (C=N–C) groups is 1. The lowest BCUT2D eigenvalue weighted by Gasteiger charge is -2.08. The minimum atomic E-state index is 0.301. The molecule has 4 nitrogen and oxygen atoms in total. The fourth-order valence-corrected chi connectivity index (χ4v) is 1.43. The summed E-state index contributed by atoms with van der Waals surface area (Å²) in [5.41, 5.74) is 3.38. The number of nitrogens with two attached hydrogens (primary N) is 1. The van der Waals surface area contributed by atoms with E-state index in [0.717, 1.165) is 11.4 Å². The lowest BCUT2D eigenvalue weighted by molar-refractivity contribution is 0.372. The van der Waals surface area contributed by atoms with Gasteiger partial charge in [0.25, 0.3) is 0 Å². The molecule has 0 aliphatic heterocycles. The summed E-state index contributed by atoms with van der Waals surface area (Å²) in [6.45, 7) is 0.301. The Hall–Kier alpha value is -2.33. The zero-order valence-corrected chi connectivity index (χ0v) is 9.91. The van der Waals surface area contributed by atoms with Crippen LogP contribution >= 0.6 is 0 Å². The zero-order chi connectivity index (χ0) is 12.6. The number of hydrazine groups is 1. The fraction of sp³-hybridized carbons (Fsp3) is 0.0714. The maximum absolute atomic E-state index is 5.56. The van der Waals surface area contributed by atoms with Gasteiger partial charge in [0.15, 0.2) is 5.84 Å². The van der Waals surface area contributed by atoms with E-state index in [1.54, 1.807) is 0 Å². The number of rotatable bonds is 4. The van der Waals surface area contributed by atoms with Gasteiger partial charge in [-0.3, -0.25) is 0 Å². The number of para-hydroxylation sites is 2. The predicted molar refractivity (Wildman–Crippen MR) is 72.8 cm³/mol. The third-order valence-electron chi connectivity index (χ3n) is 2.31. The van der Waals surface area contributed by atoms with Crippen molar-refractivity contribution in [3.05, 3.63) is 60.7 Å². The number of benzene rings is 2. The van der Waals surface area contributed by atoms with E-state index < -0.39 is 0 Å². The van der Waals surface area contributed by atoms with Crippen LogP contribution < -0.4 is 16.0 Å². The van der Waals surface area contributed by atoms with E-state index in [0.29, 0.717) is 12.4 Å². The fourth-order valence-electron chi connectivity index (χ4n) is 1.43. The van der Waals surface area contributed by atoms with Gasteiger partial charge in [-0.1, -0.05) is 36.4 Å². The van der Waals surface area contributed by atoms with Gasteiger partial charge >= 0.3 is 0 Å². The Labute approximate surface area is 106 Å². The van der Waals surface area contributed by atoms with Crippen LogP contribution in [0.25, 0.3) is 0 Å². The molecule has 0 saturated heterocycles. The highest BCUT2D eigenvalue weighted by Gasteiger charge is 1.99. The van der Waals surface area contributed by atoms with Crippen molar-refractivity contribution in [2.75, 3.05) is 6.61 Å². The van der Waals surface area contributed by atoms with Gasteiger partial charge in [-0.25, -0.2) is 10.8 Å². The van der Waals surface area contributed by atoms with E-state index >= 15 is 0 Å². The van der Waals surface area contributed by atoms with E-state index in [-0.39, 0.29) is 0 Å². The lowest BCUT2D eigenvalue weighted by atomic mass is 10.3. The summed E-state index contributed by atoms with van der Waals surface area (Å²) in [7, 11) is 0. The van der Waals surface area contributed by atoms with Crippen molar-refractivity contribution < 1.29 is 4.74 Å². The van der Waals surface area contributed by atoms with Crippen molar-refractivity contribution in [2.24, 2.45) is 10.8 Å². The van der Waals surface area contributed by atoms with E-state index in [1.165, 1.54) is 0 Å². The van der Waals surface area contributed by atoms with Crippen molar-refractivity contribution in [2.45, 2.75) is 0 Å². The number of nitrogens with one attached hydrogen (secondary N) is 1. The summed E-state index contributed by atoms with van der Waals surface area (Å²) < 4.78 is 5.56. The number of amidine groups is 1. The standard InChI is InChI=1S/C14H15N3O/c15-17-14(16-12-7-3-1-4-8-12)11-18-13-9-5-2-6-10-13/h1-10H,11,15H2,(H,16,17). The van der Waals surface area contributed by atoms with Gasteiger partial charge in [0.1, 0.15) is 12.4 Å². The van der Waals surface area contributed by atoms with Crippen molar-refractivity contribution in [1.29, 1.82) is 0 Å². The van der Waals surface area contributed by atoms with Crippen LogP contribution in [0, 0.1) is 0 Å². The van der Waals surface area contributed by atoms with Gasteiger partial charge in [0, 0.05) is 0 Å². The van der Waals surface area contributed by atoms with Crippen LogP contribution in [0.3, 0.4) is 0 Å². The van der Waals surface area contributed by atoms with Crippen LogP contribution in [0.4, 0.5) is 5.69 Å². The van der Waals surface area contributed by atoms with Crippen molar-refractivity contribution in [3.63, 3.8) is 0 Å². The van der Waals surface area contributed by atoms with Gasteiger partial charge in [-0.05, 0) is 24.3 Å². The van der Waals surface area contributed by atoms with Crippen LogP contribution in [-0.2, 0) is 0 Å². The van der Waals surface area contributed by atoms with Gasteiger partial charge in [-0.2, -0.15) is 0 Å². The Balaban J connectivity index is 2.00. The number of ether oxygens (including phenoxy) is 1. The molecule has 0 aromatic heterocycles. The average molecular weight is 241 g/mol. The molecule has 0 fully saturated rings.